The lowest BCUT2D eigenvalue weighted by Gasteiger charge is -2.12. The summed E-state index contributed by atoms with van der Waals surface area (Å²) in [4.78, 5) is 11.4. The summed E-state index contributed by atoms with van der Waals surface area (Å²) in [7, 11) is 0. The summed E-state index contributed by atoms with van der Waals surface area (Å²) in [5.41, 5.74) is 1.95. The van der Waals surface area contributed by atoms with Crippen LogP contribution in [-0.2, 0) is 16.1 Å². The number of benzene rings is 2. The molecular weight excluding hydrogens is 404 g/mol. The minimum atomic E-state index is -0.342. The maximum absolute atomic E-state index is 11.4. The number of rotatable bonds is 15. The number of unbranched alkanes of at least 4 members (excludes halogenated alkanes) is 2. The quantitative estimate of drug-likeness (QED) is 0.211. The van der Waals surface area contributed by atoms with E-state index in [0.29, 0.717) is 19.8 Å². The zero-order valence-corrected chi connectivity index (χ0v) is 19.3. The summed E-state index contributed by atoms with van der Waals surface area (Å²) in [6.45, 7) is 5.34. The normalized spacial score (nSPS) is 12.0. The van der Waals surface area contributed by atoms with Crippen LogP contribution < -0.4 is 9.47 Å². The lowest BCUT2D eigenvalue weighted by Crippen LogP contribution is -2.09. The maximum Gasteiger partial charge on any atom is 0.330 e. The van der Waals surface area contributed by atoms with E-state index < -0.39 is 0 Å². The summed E-state index contributed by atoms with van der Waals surface area (Å²) in [5, 5.41) is 9.99. The molecule has 0 spiro atoms. The van der Waals surface area contributed by atoms with E-state index in [1.54, 1.807) is 13.0 Å². The fraction of sp³-hybridized carbons (Fsp3) is 0.444. The molecule has 0 amide bonds. The molecule has 0 bridgehead atoms. The Morgan fingerprint density at radius 1 is 0.969 bits per heavy atom. The van der Waals surface area contributed by atoms with Crippen molar-refractivity contribution in [1.82, 2.24) is 0 Å². The van der Waals surface area contributed by atoms with Crippen LogP contribution in [0.15, 0.2) is 54.6 Å². The first-order valence-corrected chi connectivity index (χ1v) is 11.6. The molecule has 2 aromatic rings. The molecule has 0 saturated heterocycles. The predicted octanol–water partition coefficient (Wildman–Crippen LogP) is 5.94. The average Bonchev–Trinajstić information content (AvgIpc) is 2.80. The zero-order valence-electron chi connectivity index (χ0n) is 19.3. The second-order valence-electron chi connectivity index (χ2n) is 7.73. The van der Waals surface area contributed by atoms with E-state index in [1.807, 2.05) is 48.5 Å². The molecule has 0 aliphatic heterocycles. The zero-order chi connectivity index (χ0) is 23.0. The molecule has 0 saturated carbocycles. The maximum atomic E-state index is 11.4. The number of esters is 1. The van der Waals surface area contributed by atoms with Crippen molar-refractivity contribution in [2.45, 2.75) is 65.1 Å². The van der Waals surface area contributed by atoms with E-state index in [2.05, 4.69) is 6.92 Å². The van der Waals surface area contributed by atoms with Gasteiger partial charge < -0.3 is 19.3 Å². The standard InChI is InChI=1S/C27H36O5/c1-3-5-6-9-24(28)10-8-19-31-25-11-7-12-26(20-25)32-21-23-15-13-22(14-16-23)17-18-27(29)30-4-2/h7,11-18,20,24,28H,3-6,8-10,19,21H2,1-2H3. The van der Waals surface area contributed by atoms with Crippen LogP contribution in [0.25, 0.3) is 6.08 Å². The van der Waals surface area contributed by atoms with Crippen molar-refractivity contribution in [2.24, 2.45) is 0 Å². The number of carbonyl (C=O) groups excluding carboxylic acids is 1. The van der Waals surface area contributed by atoms with E-state index in [1.165, 1.54) is 18.9 Å². The second-order valence-corrected chi connectivity index (χ2v) is 7.73. The van der Waals surface area contributed by atoms with Gasteiger partial charge in [0.15, 0.2) is 0 Å². The molecule has 1 atom stereocenters. The van der Waals surface area contributed by atoms with Gasteiger partial charge in [-0.05, 0) is 55.5 Å². The van der Waals surface area contributed by atoms with Crippen molar-refractivity contribution >= 4 is 12.0 Å². The fourth-order valence-corrected chi connectivity index (χ4v) is 3.18. The second kappa shape index (κ2) is 15.1. The largest absolute Gasteiger partial charge is 0.493 e. The number of carbonyl (C=O) groups is 1. The van der Waals surface area contributed by atoms with Crippen LogP contribution in [0.5, 0.6) is 11.5 Å². The van der Waals surface area contributed by atoms with Crippen LogP contribution >= 0.6 is 0 Å². The highest BCUT2D eigenvalue weighted by molar-refractivity contribution is 5.87. The molecule has 32 heavy (non-hydrogen) atoms. The van der Waals surface area contributed by atoms with Crippen LogP contribution in [0.3, 0.4) is 0 Å². The lowest BCUT2D eigenvalue weighted by molar-refractivity contribution is -0.137. The molecule has 174 valence electrons. The Labute approximate surface area is 192 Å². The molecule has 0 fully saturated rings. The van der Waals surface area contributed by atoms with Gasteiger partial charge in [-0.25, -0.2) is 4.79 Å². The third kappa shape index (κ3) is 10.5. The Morgan fingerprint density at radius 3 is 2.41 bits per heavy atom. The smallest absolute Gasteiger partial charge is 0.330 e. The fourth-order valence-electron chi connectivity index (χ4n) is 3.18. The summed E-state index contributed by atoms with van der Waals surface area (Å²) in [6, 6.07) is 15.4. The molecule has 0 radical (unpaired) electrons. The van der Waals surface area contributed by atoms with Gasteiger partial charge >= 0.3 is 5.97 Å². The van der Waals surface area contributed by atoms with Crippen LogP contribution in [0.1, 0.15) is 63.5 Å². The molecular formula is C27H36O5. The van der Waals surface area contributed by atoms with E-state index >= 15 is 0 Å². The van der Waals surface area contributed by atoms with Crippen molar-refractivity contribution < 1.29 is 24.1 Å². The Kier molecular flexibility index (Phi) is 12.0. The SMILES string of the molecule is CCCCCC(O)CCCOc1cccc(OCc2ccc(C=CC(=O)OCC)cc2)c1. The number of aliphatic hydroxyl groups is 1. The Morgan fingerprint density at radius 2 is 1.69 bits per heavy atom. The molecule has 2 aromatic carbocycles. The first kappa shape index (κ1) is 25.5. The van der Waals surface area contributed by atoms with Crippen LogP contribution in [0.2, 0.25) is 0 Å². The van der Waals surface area contributed by atoms with E-state index in [4.69, 9.17) is 14.2 Å². The monoisotopic (exact) mass is 440 g/mol. The van der Waals surface area contributed by atoms with Gasteiger partial charge in [-0.15, -0.1) is 0 Å². The summed E-state index contributed by atoms with van der Waals surface area (Å²) in [5.74, 6) is 1.17. The number of hydrogen-bond acceptors (Lipinski definition) is 5. The van der Waals surface area contributed by atoms with Gasteiger partial charge in [-0.3, -0.25) is 0 Å². The summed E-state index contributed by atoms with van der Waals surface area (Å²) >= 11 is 0. The van der Waals surface area contributed by atoms with Crippen molar-refractivity contribution in [2.75, 3.05) is 13.2 Å². The van der Waals surface area contributed by atoms with Crippen LogP contribution in [-0.4, -0.2) is 30.4 Å². The van der Waals surface area contributed by atoms with Gasteiger partial charge in [-0.2, -0.15) is 0 Å². The van der Waals surface area contributed by atoms with Crippen molar-refractivity contribution in [3.05, 3.63) is 65.7 Å². The number of aliphatic hydroxyl groups excluding tert-OH is 1. The van der Waals surface area contributed by atoms with Gasteiger partial charge in [-0.1, -0.05) is 56.5 Å². The van der Waals surface area contributed by atoms with Crippen molar-refractivity contribution in [3.8, 4) is 11.5 Å². The van der Waals surface area contributed by atoms with Gasteiger partial charge in [0.2, 0.25) is 0 Å². The van der Waals surface area contributed by atoms with Gasteiger partial charge in [0.25, 0.3) is 0 Å². The first-order valence-electron chi connectivity index (χ1n) is 11.6. The first-order chi connectivity index (χ1) is 15.6. The van der Waals surface area contributed by atoms with E-state index in [9.17, 15) is 9.90 Å². The van der Waals surface area contributed by atoms with Gasteiger partial charge in [0.05, 0.1) is 19.3 Å². The minimum absolute atomic E-state index is 0.230. The van der Waals surface area contributed by atoms with E-state index in [0.717, 1.165) is 48.3 Å². The Balaban J connectivity index is 1.73. The highest BCUT2D eigenvalue weighted by atomic mass is 16.5. The lowest BCUT2D eigenvalue weighted by atomic mass is 10.1. The molecule has 0 heterocycles. The highest BCUT2D eigenvalue weighted by Gasteiger charge is 2.05. The molecule has 0 aliphatic rings. The highest BCUT2D eigenvalue weighted by Crippen LogP contribution is 2.21. The molecule has 1 N–H and O–H groups in total. The van der Waals surface area contributed by atoms with Crippen LogP contribution in [0.4, 0.5) is 0 Å². The summed E-state index contributed by atoms with van der Waals surface area (Å²) < 4.78 is 16.6. The topological polar surface area (TPSA) is 65.0 Å². The Bertz CT molecular complexity index is 813. The van der Waals surface area contributed by atoms with Gasteiger partial charge in [0, 0.05) is 12.1 Å². The average molecular weight is 441 g/mol. The van der Waals surface area contributed by atoms with Crippen LogP contribution in [0, 0.1) is 0 Å². The van der Waals surface area contributed by atoms with Gasteiger partial charge in [0.1, 0.15) is 18.1 Å². The molecule has 2 rings (SSSR count). The third-order valence-corrected chi connectivity index (χ3v) is 4.98. The van der Waals surface area contributed by atoms with Crippen molar-refractivity contribution in [1.29, 1.82) is 0 Å². The molecule has 5 heteroatoms. The summed E-state index contributed by atoms with van der Waals surface area (Å²) in [6.07, 6.45) is 8.84. The minimum Gasteiger partial charge on any atom is -0.493 e. The molecule has 0 aromatic heterocycles. The predicted molar refractivity (Wildman–Crippen MR) is 128 cm³/mol. The molecule has 5 nitrogen and oxygen atoms in total. The Hall–Kier alpha value is -2.79. The van der Waals surface area contributed by atoms with Crippen molar-refractivity contribution in [3.63, 3.8) is 0 Å². The molecule has 1 unspecified atom stereocenters. The molecule has 0 aliphatic carbocycles. The third-order valence-electron chi connectivity index (χ3n) is 4.98. The number of ether oxygens (including phenoxy) is 3. The van der Waals surface area contributed by atoms with E-state index in [-0.39, 0.29) is 12.1 Å². The number of hydrogen-bond donors (Lipinski definition) is 1.